The second-order valence-corrected chi connectivity index (χ2v) is 7.12. The predicted molar refractivity (Wildman–Crippen MR) is 92.3 cm³/mol. The largest absolute Gasteiger partial charge is 0.345 e. The van der Waals surface area contributed by atoms with Crippen LogP contribution in [0.5, 0.6) is 0 Å². The van der Waals surface area contributed by atoms with Gasteiger partial charge in [0, 0.05) is 41.5 Å². The number of carbonyl (C=O) groups excluding carboxylic acids is 1. The Hall–Kier alpha value is -1.39. The summed E-state index contributed by atoms with van der Waals surface area (Å²) in [5, 5.41) is 1.20. The highest BCUT2D eigenvalue weighted by molar-refractivity contribution is 7.99. The van der Waals surface area contributed by atoms with Crippen LogP contribution in [-0.4, -0.2) is 34.2 Å². The van der Waals surface area contributed by atoms with Gasteiger partial charge in [0.15, 0.2) is 0 Å². The van der Waals surface area contributed by atoms with Crippen LogP contribution in [0.2, 0.25) is 5.02 Å². The monoisotopic (exact) mass is 334 g/mol. The van der Waals surface area contributed by atoms with Crippen LogP contribution >= 0.6 is 23.4 Å². The lowest BCUT2D eigenvalue weighted by molar-refractivity contribution is -0.131. The average molecular weight is 335 g/mol. The number of hydrogen-bond donors (Lipinski definition) is 0. The van der Waals surface area contributed by atoms with Crippen LogP contribution in [-0.2, 0) is 11.3 Å². The number of rotatable bonds is 3. The first-order valence-electron chi connectivity index (χ1n) is 7.48. The molecule has 1 aliphatic rings. The van der Waals surface area contributed by atoms with Gasteiger partial charge in [-0.2, -0.15) is 11.8 Å². The molecule has 0 spiro atoms. The van der Waals surface area contributed by atoms with Crippen molar-refractivity contribution in [2.75, 3.05) is 18.8 Å². The molecule has 0 N–H and O–H groups in total. The van der Waals surface area contributed by atoms with E-state index < -0.39 is 0 Å². The minimum atomic E-state index is 0.191. The minimum absolute atomic E-state index is 0.191. The van der Waals surface area contributed by atoms with E-state index in [9.17, 15) is 4.79 Å². The van der Waals surface area contributed by atoms with Crippen molar-refractivity contribution >= 4 is 29.3 Å². The highest BCUT2D eigenvalue weighted by Crippen LogP contribution is 2.37. The van der Waals surface area contributed by atoms with Gasteiger partial charge in [-0.3, -0.25) is 4.79 Å². The third kappa shape index (κ3) is 3.68. The molecule has 1 aromatic carbocycles. The Labute approximate surface area is 140 Å². The molecule has 2 aromatic rings. The van der Waals surface area contributed by atoms with E-state index in [0.29, 0.717) is 11.8 Å². The molecule has 0 saturated carbocycles. The summed E-state index contributed by atoms with van der Waals surface area (Å²) in [6.07, 6.45) is 4.81. The molecule has 0 radical (unpaired) electrons. The zero-order valence-corrected chi connectivity index (χ0v) is 13.9. The Kier molecular flexibility index (Phi) is 5.11. The smallest absolute Gasteiger partial charge is 0.242 e. The second-order valence-electron chi connectivity index (χ2n) is 5.41. The standard InChI is InChI=1S/C17H19ClN2OS/c18-15-6-2-1-5-14(15)16-7-10-20(11-12-22-16)17(21)13-19-8-3-4-9-19/h1-6,8-9,16H,7,10-13H2. The molecule has 1 unspecified atom stereocenters. The minimum Gasteiger partial charge on any atom is -0.345 e. The van der Waals surface area contributed by atoms with E-state index in [1.54, 1.807) is 0 Å². The van der Waals surface area contributed by atoms with Crippen molar-refractivity contribution in [3.63, 3.8) is 0 Å². The van der Waals surface area contributed by atoms with E-state index in [2.05, 4.69) is 6.07 Å². The molecule has 1 aliphatic heterocycles. The molecule has 2 heterocycles. The molecule has 116 valence electrons. The fraction of sp³-hybridized carbons (Fsp3) is 0.353. The van der Waals surface area contributed by atoms with Gasteiger partial charge in [-0.25, -0.2) is 0 Å². The van der Waals surface area contributed by atoms with Gasteiger partial charge in [0.25, 0.3) is 0 Å². The van der Waals surface area contributed by atoms with Crippen molar-refractivity contribution in [1.29, 1.82) is 0 Å². The van der Waals surface area contributed by atoms with Crippen LogP contribution < -0.4 is 0 Å². The third-order valence-corrected chi connectivity index (χ3v) is 5.58. The average Bonchev–Trinajstić information content (AvgIpc) is 2.90. The molecular formula is C17H19ClN2OS. The van der Waals surface area contributed by atoms with E-state index in [4.69, 9.17) is 11.6 Å². The Morgan fingerprint density at radius 2 is 1.95 bits per heavy atom. The van der Waals surface area contributed by atoms with E-state index in [-0.39, 0.29) is 5.91 Å². The Morgan fingerprint density at radius 3 is 2.73 bits per heavy atom. The van der Waals surface area contributed by atoms with Crippen molar-refractivity contribution < 1.29 is 4.79 Å². The summed E-state index contributed by atoms with van der Waals surface area (Å²) in [5.74, 6) is 1.14. The molecule has 1 aromatic heterocycles. The second kappa shape index (κ2) is 7.25. The molecular weight excluding hydrogens is 316 g/mol. The van der Waals surface area contributed by atoms with Crippen LogP contribution in [0.1, 0.15) is 17.2 Å². The molecule has 22 heavy (non-hydrogen) atoms. The quantitative estimate of drug-likeness (QED) is 0.852. The summed E-state index contributed by atoms with van der Waals surface area (Å²) in [4.78, 5) is 14.4. The SMILES string of the molecule is O=C(Cn1cccc1)N1CCSC(c2ccccc2Cl)CC1. The van der Waals surface area contributed by atoms with Gasteiger partial charge in [0.05, 0.1) is 0 Å². The number of benzene rings is 1. The molecule has 5 heteroatoms. The van der Waals surface area contributed by atoms with Crippen molar-refractivity contribution in [3.05, 3.63) is 59.4 Å². The molecule has 0 bridgehead atoms. The van der Waals surface area contributed by atoms with Gasteiger partial charge in [0.2, 0.25) is 5.91 Å². The summed E-state index contributed by atoms with van der Waals surface area (Å²) >= 11 is 8.20. The van der Waals surface area contributed by atoms with Crippen LogP contribution in [0.25, 0.3) is 0 Å². The lowest BCUT2D eigenvalue weighted by Crippen LogP contribution is -2.35. The number of thioether (sulfide) groups is 1. The normalized spacial score (nSPS) is 19.0. The van der Waals surface area contributed by atoms with Gasteiger partial charge >= 0.3 is 0 Å². The molecule has 3 rings (SSSR count). The van der Waals surface area contributed by atoms with Crippen LogP contribution in [0.3, 0.4) is 0 Å². The van der Waals surface area contributed by atoms with Crippen molar-refractivity contribution in [2.45, 2.75) is 18.2 Å². The van der Waals surface area contributed by atoms with Crippen LogP contribution in [0.4, 0.5) is 0 Å². The van der Waals surface area contributed by atoms with E-state index in [1.165, 1.54) is 5.56 Å². The molecule has 1 amide bonds. The van der Waals surface area contributed by atoms with E-state index in [0.717, 1.165) is 30.3 Å². The maximum absolute atomic E-state index is 12.4. The fourth-order valence-corrected chi connectivity index (χ4v) is 4.34. The maximum atomic E-state index is 12.4. The van der Waals surface area contributed by atoms with Crippen LogP contribution in [0, 0.1) is 0 Å². The van der Waals surface area contributed by atoms with E-state index in [1.807, 2.05) is 64.0 Å². The molecule has 1 saturated heterocycles. The number of carbonyl (C=O) groups is 1. The van der Waals surface area contributed by atoms with Gasteiger partial charge in [-0.05, 0) is 30.2 Å². The lowest BCUT2D eigenvalue weighted by Gasteiger charge is -2.20. The number of amides is 1. The van der Waals surface area contributed by atoms with Gasteiger partial charge in [-0.1, -0.05) is 29.8 Å². The first kappa shape index (κ1) is 15.5. The lowest BCUT2D eigenvalue weighted by atomic mass is 10.1. The number of halogens is 1. The van der Waals surface area contributed by atoms with Crippen molar-refractivity contribution in [2.24, 2.45) is 0 Å². The highest BCUT2D eigenvalue weighted by atomic mass is 35.5. The van der Waals surface area contributed by atoms with Gasteiger partial charge < -0.3 is 9.47 Å². The first-order valence-corrected chi connectivity index (χ1v) is 8.91. The predicted octanol–water partition coefficient (Wildman–Crippen LogP) is 3.85. The fourth-order valence-electron chi connectivity index (χ4n) is 2.74. The van der Waals surface area contributed by atoms with E-state index >= 15 is 0 Å². The van der Waals surface area contributed by atoms with Crippen molar-refractivity contribution in [3.8, 4) is 0 Å². The highest BCUT2D eigenvalue weighted by Gasteiger charge is 2.23. The molecule has 1 fully saturated rings. The molecule has 3 nitrogen and oxygen atoms in total. The molecule has 1 atom stereocenters. The van der Waals surface area contributed by atoms with Gasteiger partial charge in [-0.15, -0.1) is 0 Å². The Balaban J connectivity index is 1.62. The summed E-state index contributed by atoms with van der Waals surface area (Å²) in [5.41, 5.74) is 1.19. The maximum Gasteiger partial charge on any atom is 0.242 e. The Morgan fingerprint density at radius 1 is 1.18 bits per heavy atom. The molecule has 0 aliphatic carbocycles. The number of aromatic nitrogens is 1. The number of hydrogen-bond acceptors (Lipinski definition) is 2. The first-order chi connectivity index (χ1) is 10.7. The number of nitrogens with zero attached hydrogens (tertiary/aromatic N) is 2. The van der Waals surface area contributed by atoms with Crippen molar-refractivity contribution in [1.82, 2.24) is 9.47 Å². The Bertz CT molecular complexity index is 629. The topological polar surface area (TPSA) is 25.2 Å². The summed E-state index contributed by atoms with van der Waals surface area (Å²) in [7, 11) is 0. The van der Waals surface area contributed by atoms with Gasteiger partial charge in [0.1, 0.15) is 6.54 Å². The summed E-state index contributed by atoms with van der Waals surface area (Å²) in [6, 6.07) is 11.9. The zero-order valence-electron chi connectivity index (χ0n) is 12.3. The zero-order chi connectivity index (χ0) is 15.4. The third-order valence-electron chi connectivity index (χ3n) is 3.93. The van der Waals surface area contributed by atoms with Crippen LogP contribution in [0.15, 0.2) is 48.8 Å². The summed E-state index contributed by atoms with van der Waals surface area (Å²) in [6.45, 7) is 2.03. The summed E-state index contributed by atoms with van der Waals surface area (Å²) < 4.78 is 1.92.